The molecule has 2 atom stereocenters. The number of rotatable bonds is 6. The SMILES string of the molecule is N#Cc1cc(Nc2nc(NC3CC3)c3ncc(C#N)n3n2)c(F)c(N2CCN([C@H]3C(O)SCC3(O)O)CC2)c1. The lowest BCUT2D eigenvalue weighted by atomic mass is 10.1. The lowest BCUT2D eigenvalue weighted by molar-refractivity contribution is -0.194. The summed E-state index contributed by atoms with van der Waals surface area (Å²) in [6.07, 6.45) is 3.36. The quantitative estimate of drug-likeness (QED) is 0.268. The Bertz CT molecular complexity index is 1510. The van der Waals surface area contributed by atoms with E-state index in [4.69, 9.17) is 0 Å². The number of halogens is 1. The van der Waals surface area contributed by atoms with Crippen molar-refractivity contribution in [2.75, 3.05) is 47.5 Å². The van der Waals surface area contributed by atoms with Crippen molar-refractivity contribution in [2.45, 2.75) is 36.1 Å². The number of aliphatic hydroxyl groups is 3. The molecule has 0 bridgehead atoms. The second kappa shape index (κ2) is 9.78. The van der Waals surface area contributed by atoms with Gasteiger partial charge in [0.05, 0.1) is 35.0 Å². The summed E-state index contributed by atoms with van der Waals surface area (Å²) in [6, 6.07) is 6.33. The molecule has 1 saturated carbocycles. The van der Waals surface area contributed by atoms with Crippen molar-refractivity contribution in [3.8, 4) is 12.1 Å². The third kappa shape index (κ3) is 4.80. The fraction of sp³-hybridized carbons (Fsp3) is 0.458. The Morgan fingerprint density at radius 1 is 1.13 bits per heavy atom. The zero-order chi connectivity index (χ0) is 27.3. The Balaban J connectivity index is 1.27. The predicted molar refractivity (Wildman–Crippen MR) is 140 cm³/mol. The Morgan fingerprint density at radius 2 is 1.90 bits per heavy atom. The maximum absolute atomic E-state index is 15.9. The average molecular weight is 553 g/mol. The van der Waals surface area contributed by atoms with Crippen LogP contribution in [0.2, 0.25) is 0 Å². The summed E-state index contributed by atoms with van der Waals surface area (Å²) in [6.45, 7) is 1.40. The molecule has 3 fully saturated rings. The van der Waals surface area contributed by atoms with Crippen molar-refractivity contribution in [1.29, 1.82) is 10.5 Å². The first kappa shape index (κ1) is 25.5. The fourth-order valence-electron chi connectivity index (χ4n) is 4.97. The number of anilines is 4. The Morgan fingerprint density at radius 3 is 2.54 bits per heavy atom. The lowest BCUT2D eigenvalue weighted by Gasteiger charge is -2.42. The van der Waals surface area contributed by atoms with Gasteiger partial charge in [0.2, 0.25) is 5.95 Å². The third-order valence-electron chi connectivity index (χ3n) is 7.08. The number of nitriles is 2. The second-order valence-corrected chi connectivity index (χ2v) is 10.9. The van der Waals surface area contributed by atoms with Crippen molar-refractivity contribution in [3.63, 3.8) is 0 Å². The number of aromatic nitrogens is 4. The van der Waals surface area contributed by atoms with Gasteiger partial charge >= 0.3 is 0 Å². The number of nitrogens with zero attached hydrogens (tertiary/aromatic N) is 8. The smallest absolute Gasteiger partial charge is 0.247 e. The maximum Gasteiger partial charge on any atom is 0.247 e. The van der Waals surface area contributed by atoms with Gasteiger partial charge in [-0.25, -0.2) is 9.37 Å². The molecule has 1 aromatic carbocycles. The van der Waals surface area contributed by atoms with Crippen LogP contribution in [0.5, 0.6) is 0 Å². The summed E-state index contributed by atoms with van der Waals surface area (Å²) in [7, 11) is 0. The van der Waals surface area contributed by atoms with Crippen molar-refractivity contribution in [2.24, 2.45) is 0 Å². The molecule has 202 valence electrons. The van der Waals surface area contributed by atoms with Gasteiger partial charge < -0.3 is 30.9 Å². The van der Waals surface area contributed by atoms with E-state index < -0.39 is 23.1 Å². The number of nitrogens with one attached hydrogen (secondary N) is 2. The van der Waals surface area contributed by atoms with Crippen molar-refractivity contribution >= 4 is 40.6 Å². The molecular formula is C24H25FN10O3S. The standard InChI is InChI=1S/C24H25FN10O3S/c25-18-16(30-23-31-20(29-14-1-2-14)21-28-11-15(10-27)35(21)32-23)7-13(9-26)8-17(18)33-3-5-34(6-4-33)19-22(36)39-12-24(19,37)38/h7-8,11,14,19,22,36-38H,1-6,12H2,(H2,29,30,31,32)/t19-,22?/m0/s1. The van der Waals surface area contributed by atoms with Crippen LogP contribution < -0.4 is 15.5 Å². The van der Waals surface area contributed by atoms with Crippen LogP contribution in [0.15, 0.2) is 18.3 Å². The number of hydrogen-bond donors (Lipinski definition) is 5. The molecule has 0 spiro atoms. The largest absolute Gasteiger partial charge is 0.381 e. The normalized spacial score (nSPS) is 23.0. The highest BCUT2D eigenvalue weighted by molar-refractivity contribution is 8.00. The van der Waals surface area contributed by atoms with Gasteiger partial charge in [-0.15, -0.1) is 16.9 Å². The van der Waals surface area contributed by atoms with Gasteiger partial charge in [0, 0.05) is 32.2 Å². The molecule has 3 aromatic rings. The number of benzene rings is 1. The first-order chi connectivity index (χ1) is 18.8. The molecule has 0 radical (unpaired) electrons. The summed E-state index contributed by atoms with van der Waals surface area (Å²) >= 11 is 1.08. The molecule has 3 aliphatic rings. The molecule has 4 heterocycles. The van der Waals surface area contributed by atoms with Crippen LogP contribution in [-0.2, 0) is 0 Å². The van der Waals surface area contributed by atoms with E-state index in [-0.39, 0.29) is 40.4 Å². The number of thioether (sulfide) groups is 1. The number of piperazine rings is 1. The van der Waals surface area contributed by atoms with E-state index in [1.54, 1.807) is 9.80 Å². The van der Waals surface area contributed by atoms with Crippen LogP contribution in [0.25, 0.3) is 5.65 Å². The number of hydrogen-bond acceptors (Lipinski definition) is 13. The monoisotopic (exact) mass is 552 g/mol. The molecule has 0 amide bonds. The molecule has 5 N–H and O–H groups in total. The molecular weight excluding hydrogens is 527 g/mol. The Hall–Kier alpha value is -3.73. The summed E-state index contributed by atoms with van der Waals surface area (Å²) in [5.74, 6) is -2.16. The van der Waals surface area contributed by atoms with Crippen LogP contribution in [0, 0.1) is 28.5 Å². The van der Waals surface area contributed by atoms with E-state index in [0.717, 1.165) is 24.6 Å². The van der Waals surface area contributed by atoms with E-state index in [2.05, 4.69) is 31.8 Å². The third-order valence-corrected chi connectivity index (χ3v) is 8.27. The highest BCUT2D eigenvalue weighted by Gasteiger charge is 2.50. The van der Waals surface area contributed by atoms with Crippen molar-refractivity contribution in [3.05, 3.63) is 35.4 Å². The molecule has 6 rings (SSSR count). The molecule has 39 heavy (non-hydrogen) atoms. The van der Waals surface area contributed by atoms with Gasteiger partial charge in [-0.3, -0.25) is 4.90 Å². The Labute approximate surface area is 226 Å². The molecule has 1 unspecified atom stereocenters. The number of fused-ring (bicyclic) bond motifs is 1. The number of imidazole rings is 1. The van der Waals surface area contributed by atoms with E-state index >= 15 is 4.39 Å². The van der Waals surface area contributed by atoms with Gasteiger partial charge in [0.25, 0.3) is 0 Å². The molecule has 2 aliphatic heterocycles. The minimum atomic E-state index is -2.01. The molecule has 2 aromatic heterocycles. The van der Waals surface area contributed by atoms with Gasteiger partial charge in [-0.05, 0) is 25.0 Å². The zero-order valence-corrected chi connectivity index (χ0v) is 21.4. The van der Waals surface area contributed by atoms with Gasteiger partial charge in [0.15, 0.2) is 28.8 Å². The molecule has 1 aliphatic carbocycles. The van der Waals surface area contributed by atoms with Crippen molar-refractivity contribution < 1.29 is 19.7 Å². The van der Waals surface area contributed by atoms with Crippen LogP contribution in [0.4, 0.5) is 27.5 Å². The minimum Gasteiger partial charge on any atom is -0.381 e. The van der Waals surface area contributed by atoms with Gasteiger partial charge in [-0.2, -0.15) is 20.0 Å². The summed E-state index contributed by atoms with van der Waals surface area (Å²) in [5, 5.41) is 60.4. The first-order valence-corrected chi connectivity index (χ1v) is 13.5. The van der Waals surface area contributed by atoms with E-state index in [1.807, 2.05) is 6.07 Å². The number of aliphatic hydroxyl groups excluding tert-OH is 1. The predicted octanol–water partition coefficient (Wildman–Crippen LogP) is 0.561. The average Bonchev–Trinajstić information content (AvgIpc) is 3.57. The van der Waals surface area contributed by atoms with Gasteiger partial charge in [-0.1, -0.05) is 0 Å². The van der Waals surface area contributed by atoms with Crippen molar-refractivity contribution in [1.82, 2.24) is 24.5 Å². The van der Waals surface area contributed by atoms with Crippen LogP contribution >= 0.6 is 11.8 Å². The molecule has 13 nitrogen and oxygen atoms in total. The topological polar surface area (TPSA) is 182 Å². The second-order valence-electron chi connectivity index (χ2n) is 9.83. The molecule has 15 heteroatoms. The lowest BCUT2D eigenvalue weighted by Crippen LogP contribution is -2.60. The summed E-state index contributed by atoms with van der Waals surface area (Å²) in [4.78, 5) is 12.3. The van der Waals surface area contributed by atoms with Gasteiger partial charge in [0.1, 0.15) is 17.5 Å². The fourth-order valence-corrected chi connectivity index (χ4v) is 6.13. The summed E-state index contributed by atoms with van der Waals surface area (Å²) in [5.41, 5.74) is 0.0638. The highest BCUT2D eigenvalue weighted by atomic mass is 32.2. The molecule has 2 saturated heterocycles. The maximum atomic E-state index is 15.9. The minimum absolute atomic E-state index is 0.00540. The van der Waals surface area contributed by atoms with Crippen LogP contribution in [-0.4, -0.2) is 95.0 Å². The Kier molecular flexibility index (Phi) is 6.41. The zero-order valence-electron chi connectivity index (χ0n) is 20.6. The summed E-state index contributed by atoms with van der Waals surface area (Å²) < 4.78 is 17.2. The first-order valence-electron chi connectivity index (χ1n) is 12.4. The highest BCUT2D eigenvalue weighted by Crippen LogP contribution is 2.37. The van der Waals surface area contributed by atoms with E-state index in [0.29, 0.717) is 37.6 Å². The van der Waals surface area contributed by atoms with E-state index in [1.165, 1.54) is 22.8 Å². The van der Waals surface area contributed by atoms with E-state index in [9.17, 15) is 25.8 Å². The van der Waals surface area contributed by atoms with Crippen LogP contribution in [0.3, 0.4) is 0 Å². The van der Waals surface area contributed by atoms with Crippen LogP contribution in [0.1, 0.15) is 24.1 Å².